The first-order valence-corrected chi connectivity index (χ1v) is 5.80. The van der Waals surface area contributed by atoms with Gasteiger partial charge in [-0.2, -0.15) is 0 Å². The number of ether oxygens (including phenoxy) is 1. The van der Waals surface area contributed by atoms with Crippen LogP contribution in [0.5, 0.6) is 5.75 Å². The Morgan fingerprint density at radius 1 is 1.35 bits per heavy atom. The van der Waals surface area contributed by atoms with Gasteiger partial charge in [-0.1, -0.05) is 6.07 Å². The van der Waals surface area contributed by atoms with Gasteiger partial charge in [-0.15, -0.1) is 0 Å². The number of aliphatic hydroxyl groups excluding tert-OH is 1. The summed E-state index contributed by atoms with van der Waals surface area (Å²) in [4.78, 5) is 3.12. The zero-order chi connectivity index (χ0) is 12.3. The molecule has 1 aromatic heterocycles. The first-order valence-electron chi connectivity index (χ1n) is 5.80. The van der Waals surface area contributed by atoms with Gasteiger partial charge < -0.3 is 14.8 Å². The molecule has 1 aromatic carbocycles. The molecule has 1 atom stereocenters. The molecule has 2 aromatic rings. The van der Waals surface area contributed by atoms with Crippen molar-refractivity contribution in [2.45, 2.75) is 26.1 Å². The fraction of sp³-hybridized carbons (Fsp3) is 0.385. The molecule has 1 unspecified atom stereocenters. The minimum atomic E-state index is -0.649. The molecule has 0 fully saturated rings. The molecule has 0 saturated heterocycles. The van der Waals surface area contributed by atoms with Gasteiger partial charge in [0.2, 0.25) is 0 Å². The molecule has 3 N–H and O–H groups in total. The van der Waals surface area contributed by atoms with Crippen LogP contribution in [0.25, 0.3) is 10.9 Å². The average Bonchev–Trinajstić information content (AvgIpc) is 2.73. The Hall–Kier alpha value is -1.52. The molecule has 0 aliphatic heterocycles. The molecule has 2 rings (SSSR count). The summed E-state index contributed by atoms with van der Waals surface area (Å²) in [7, 11) is 0. The molecule has 0 saturated carbocycles. The number of rotatable bonds is 5. The van der Waals surface area contributed by atoms with Crippen LogP contribution in [0.3, 0.4) is 0 Å². The van der Waals surface area contributed by atoms with Crippen molar-refractivity contribution in [1.29, 1.82) is 0 Å². The fourth-order valence-corrected chi connectivity index (χ4v) is 1.78. The van der Waals surface area contributed by atoms with Gasteiger partial charge >= 0.3 is 0 Å². The third-order valence-corrected chi connectivity index (χ3v) is 2.48. The van der Waals surface area contributed by atoms with Crippen molar-refractivity contribution in [3.63, 3.8) is 0 Å². The Kier molecular flexibility index (Phi) is 3.66. The van der Waals surface area contributed by atoms with E-state index in [0.717, 1.165) is 16.7 Å². The van der Waals surface area contributed by atoms with Gasteiger partial charge in [0, 0.05) is 23.1 Å². The molecule has 0 aliphatic rings. The number of aromatic amines is 1. The maximum absolute atomic E-state index is 9.66. The number of hydrogen-bond acceptors (Lipinski definition) is 3. The number of aromatic nitrogens is 1. The molecule has 4 heteroatoms. The topological polar surface area (TPSA) is 57.3 Å². The second-order valence-electron chi connectivity index (χ2n) is 4.34. The number of H-pyrrole nitrogens is 1. The monoisotopic (exact) mass is 234 g/mol. The Morgan fingerprint density at radius 2 is 2.18 bits per heavy atom. The Bertz CT molecular complexity index is 479. The van der Waals surface area contributed by atoms with Crippen molar-refractivity contribution < 1.29 is 9.84 Å². The number of fused-ring (bicyclic) bond motifs is 1. The summed E-state index contributed by atoms with van der Waals surface area (Å²) in [5.74, 6) is 0.786. The van der Waals surface area contributed by atoms with Crippen LogP contribution in [0.15, 0.2) is 30.5 Å². The van der Waals surface area contributed by atoms with Crippen LogP contribution in [0.2, 0.25) is 0 Å². The summed E-state index contributed by atoms with van der Waals surface area (Å²) in [6.07, 6.45) is 1.23. The fourth-order valence-electron chi connectivity index (χ4n) is 1.78. The smallest absolute Gasteiger partial charge is 0.139 e. The minimum absolute atomic E-state index is 0.233. The maximum atomic E-state index is 9.66. The van der Waals surface area contributed by atoms with Crippen LogP contribution in [0, 0.1) is 0 Å². The van der Waals surface area contributed by atoms with Crippen molar-refractivity contribution >= 4 is 10.9 Å². The zero-order valence-electron chi connectivity index (χ0n) is 10.1. The highest BCUT2D eigenvalue weighted by atomic mass is 16.5. The first-order chi connectivity index (χ1) is 8.16. The van der Waals surface area contributed by atoms with Crippen LogP contribution in [0.4, 0.5) is 0 Å². The second-order valence-corrected chi connectivity index (χ2v) is 4.34. The molecule has 0 amide bonds. The lowest BCUT2D eigenvalue weighted by atomic mass is 10.2. The molecule has 1 heterocycles. The number of benzene rings is 1. The van der Waals surface area contributed by atoms with Crippen LogP contribution < -0.4 is 10.1 Å². The predicted molar refractivity (Wildman–Crippen MR) is 68.1 cm³/mol. The minimum Gasteiger partial charge on any atom is -0.489 e. The molecular weight excluding hydrogens is 216 g/mol. The summed E-state index contributed by atoms with van der Waals surface area (Å²) in [6.45, 7) is 4.20. The van der Waals surface area contributed by atoms with Gasteiger partial charge in [0.1, 0.15) is 18.6 Å². The van der Waals surface area contributed by atoms with Crippen LogP contribution in [-0.4, -0.2) is 29.0 Å². The zero-order valence-corrected chi connectivity index (χ0v) is 10.1. The van der Waals surface area contributed by atoms with Crippen molar-refractivity contribution in [3.8, 4) is 5.75 Å². The van der Waals surface area contributed by atoms with Gasteiger partial charge in [-0.05, 0) is 32.0 Å². The van der Waals surface area contributed by atoms with Crippen LogP contribution in [0.1, 0.15) is 13.8 Å². The normalized spacial score (nSPS) is 13.2. The highest BCUT2D eigenvalue weighted by molar-refractivity contribution is 5.85. The van der Waals surface area contributed by atoms with E-state index in [0.29, 0.717) is 0 Å². The third kappa shape index (κ3) is 2.99. The van der Waals surface area contributed by atoms with E-state index in [1.165, 1.54) is 0 Å². The molecule has 0 radical (unpaired) electrons. The summed E-state index contributed by atoms with van der Waals surface area (Å²) < 4.78 is 5.61. The quantitative estimate of drug-likeness (QED) is 0.692. The van der Waals surface area contributed by atoms with E-state index in [1.54, 1.807) is 0 Å². The summed E-state index contributed by atoms with van der Waals surface area (Å²) in [6, 6.07) is 8.02. The third-order valence-electron chi connectivity index (χ3n) is 2.48. The van der Waals surface area contributed by atoms with Crippen molar-refractivity contribution in [2.75, 3.05) is 6.61 Å². The van der Waals surface area contributed by atoms with E-state index in [4.69, 9.17) is 4.74 Å². The molecule has 0 spiro atoms. The Balaban J connectivity index is 2.01. The van der Waals surface area contributed by atoms with Gasteiger partial charge in [-0.25, -0.2) is 0 Å². The van der Waals surface area contributed by atoms with E-state index in [2.05, 4.69) is 10.3 Å². The average molecular weight is 234 g/mol. The number of aliphatic hydroxyl groups is 1. The number of hydrogen-bond donors (Lipinski definition) is 3. The molecule has 0 bridgehead atoms. The molecule has 0 aliphatic carbocycles. The van der Waals surface area contributed by atoms with E-state index < -0.39 is 6.23 Å². The van der Waals surface area contributed by atoms with E-state index in [1.807, 2.05) is 44.3 Å². The lowest BCUT2D eigenvalue weighted by molar-refractivity contribution is 0.0725. The van der Waals surface area contributed by atoms with Crippen LogP contribution >= 0.6 is 0 Å². The second kappa shape index (κ2) is 5.21. The van der Waals surface area contributed by atoms with Crippen molar-refractivity contribution in [2.24, 2.45) is 0 Å². The molecular formula is C13H18N2O2. The van der Waals surface area contributed by atoms with Gasteiger partial charge in [0.25, 0.3) is 0 Å². The van der Waals surface area contributed by atoms with E-state index in [-0.39, 0.29) is 12.6 Å². The van der Waals surface area contributed by atoms with Gasteiger partial charge in [0.15, 0.2) is 0 Å². The van der Waals surface area contributed by atoms with E-state index in [9.17, 15) is 5.11 Å². The molecule has 4 nitrogen and oxygen atoms in total. The standard InChI is InChI=1S/C13H18N2O2/c1-9(2)15-13(16)8-17-12-5-3-4-11-10(12)6-7-14-11/h3-7,9,13-16H,8H2,1-2H3. The Morgan fingerprint density at radius 3 is 2.94 bits per heavy atom. The predicted octanol–water partition coefficient (Wildman–Crippen LogP) is 1.86. The van der Waals surface area contributed by atoms with Crippen molar-refractivity contribution in [1.82, 2.24) is 10.3 Å². The molecule has 17 heavy (non-hydrogen) atoms. The summed E-state index contributed by atoms with van der Waals surface area (Å²) in [5.41, 5.74) is 1.04. The van der Waals surface area contributed by atoms with Gasteiger partial charge in [0.05, 0.1) is 0 Å². The highest BCUT2D eigenvalue weighted by Gasteiger charge is 2.08. The lowest BCUT2D eigenvalue weighted by Crippen LogP contribution is -2.38. The highest BCUT2D eigenvalue weighted by Crippen LogP contribution is 2.24. The van der Waals surface area contributed by atoms with Crippen molar-refractivity contribution in [3.05, 3.63) is 30.5 Å². The van der Waals surface area contributed by atoms with E-state index >= 15 is 0 Å². The lowest BCUT2D eigenvalue weighted by Gasteiger charge is -2.16. The van der Waals surface area contributed by atoms with Gasteiger partial charge in [-0.3, -0.25) is 5.32 Å². The number of nitrogens with one attached hydrogen (secondary N) is 2. The summed E-state index contributed by atoms with van der Waals surface area (Å²) >= 11 is 0. The Labute approximate surface area is 101 Å². The molecule has 92 valence electrons. The van der Waals surface area contributed by atoms with Crippen LogP contribution in [-0.2, 0) is 0 Å². The largest absolute Gasteiger partial charge is 0.489 e. The SMILES string of the molecule is CC(C)NC(O)COc1cccc2[nH]ccc12. The maximum Gasteiger partial charge on any atom is 0.139 e. The first kappa shape index (κ1) is 12.0. The summed E-state index contributed by atoms with van der Waals surface area (Å²) in [5, 5.41) is 13.7.